The van der Waals surface area contributed by atoms with Crippen LogP contribution >= 0.6 is 15.9 Å². The number of halogens is 1. The van der Waals surface area contributed by atoms with E-state index in [2.05, 4.69) is 32.8 Å². The number of nitrogens with zero attached hydrogens (tertiary/aromatic N) is 1. The van der Waals surface area contributed by atoms with E-state index in [0.717, 1.165) is 24.1 Å². The lowest BCUT2D eigenvalue weighted by Crippen LogP contribution is -2.13. The molecule has 0 bridgehead atoms. The first-order chi connectivity index (χ1) is 9.69. The van der Waals surface area contributed by atoms with Crippen molar-refractivity contribution in [2.45, 2.75) is 19.8 Å². The molecule has 1 N–H and O–H groups in total. The maximum Gasteiger partial charge on any atom is 0.265 e. The number of benzene rings is 1. The Morgan fingerprint density at radius 3 is 2.95 bits per heavy atom. The molecule has 104 valence electrons. The Labute approximate surface area is 124 Å². The minimum atomic E-state index is -0.170. The molecule has 0 spiro atoms. The second-order valence-corrected chi connectivity index (χ2v) is 5.29. The lowest BCUT2D eigenvalue weighted by Gasteiger charge is -2.06. The predicted octanol–water partition coefficient (Wildman–Crippen LogP) is 2.88. The molecule has 0 atom stereocenters. The van der Waals surface area contributed by atoms with E-state index in [1.165, 1.54) is 0 Å². The van der Waals surface area contributed by atoms with Crippen molar-refractivity contribution in [2.75, 3.05) is 6.79 Å². The van der Waals surface area contributed by atoms with Crippen LogP contribution in [0.4, 0.5) is 0 Å². The number of nitrogens with one attached hydrogen (secondary N) is 1. The van der Waals surface area contributed by atoms with E-state index < -0.39 is 0 Å². The van der Waals surface area contributed by atoms with Gasteiger partial charge in [-0.25, -0.2) is 4.98 Å². The second-order valence-electron chi connectivity index (χ2n) is 4.49. The van der Waals surface area contributed by atoms with Gasteiger partial charge in [0.05, 0.1) is 5.69 Å². The number of aromatic nitrogens is 2. The molecule has 0 aliphatic carbocycles. The third-order valence-corrected chi connectivity index (χ3v) is 3.88. The first kappa shape index (κ1) is 13.2. The number of rotatable bonds is 3. The average molecular weight is 337 g/mol. The molecule has 0 saturated carbocycles. The number of aryl methyl sites for hydroxylation is 1. The largest absolute Gasteiger partial charge is 0.454 e. The summed E-state index contributed by atoms with van der Waals surface area (Å²) in [6.45, 7) is 2.28. The van der Waals surface area contributed by atoms with Crippen LogP contribution in [0, 0.1) is 0 Å². The van der Waals surface area contributed by atoms with Crippen LogP contribution in [0.5, 0.6) is 11.5 Å². The summed E-state index contributed by atoms with van der Waals surface area (Å²) in [4.78, 5) is 19.2. The SMILES string of the molecule is CCCc1nc(-c2ccc3c(c2)OCO3)[nH]c(=O)c1Br. The molecule has 0 saturated heterocycles. The predicted molar refractivity (Wildman–Crippen MR) is 78.1 cm³/mol. The fraction of sp³-hybridized carbons (Fsp3) is 0.286. The second kappa shape index (κ2) is 5.28. The van der Waals surface area contributed by atoms with Gasteiger partial charge in [-0.05, 0) is 40.5 Å². The molecule has 0 fully saturated rings. The molecular weight excluding hydrogens is 324 g/mol. The molecule has 1 aliphatic heterocycles. The van der Waals surface area contributed by atoms with Gasteiger partial charge in [0.25, 0.3) is 5.56 Å². The highest BCUT2D eigenvalue weighted by atomic mass is 79.9. The van der Waals surface area contributed by atoms with E-state index in [1.807, 2.05) is 18.2 Å². The number of aromatic amines is 1. The Bertz CT molecular complexity index is 712. The lowest BCUT2D eigenvalue weighted by molar-refractivity contribution is 0.174. The molecule has 1 aromatic heterocycles. The average Bonchev–Trinajstić information content (AvgIpc) is 2.91. The van der Waals surface area contributed by atoms with Gasteiger partial charge in [-0.3, -0.25) is 4.79 Å². The summed E-state index contributed by atoms with van der Waals surface area (Å²) in [5, 5.41) is 0. The van der Waals surface area contributed by atoms with E-state index >= 15 is 0 Å². The fourth-order valence-electron chi connectivity index (χ4n) is 2.09. The molecule has 0 unspecified atom stereocenters. The highest BCUT2D eigenvalue weighted by Crippen LogP contribution is 2.35. The van der Waals surface area contributed by atoms with Crippen LogP contribution in [0.1, 0.15) is 19.0 Å². The summed E-state index contributed by atoms with van der Waals surface area (Å²) in [5.74, 6) is 1.92. The smallest absolute Gasteiger partial charge is 0.265 e. The molecule has 3 rings (SSSR count). The normalized spacial score (nSPS) is 12.7. The Hall–Kier alpha value is -1.82. The molecule has 2 heterocycles. The van der Waals surface area contributed by atoms with E-state index in [-0.39, 0.29) is 12.4 Å². The van der Waals surface area contributed by atoms with Crippen molar-refractivity contribution in [2.24, 2.45) is 0 Å². The van der Waals surface area contributed by atoms with E-state index in [1.54, 1.807) is 0 Å². The van der Waals surface area contributed by atoms with E-state index in [0.29, 0.717) is 21.8 Å². The summed E-state index contributed by atoms with van der Waals surface area (Å²) < 4.78 is 11.1. The molecule has 2 aromatic rings. The Morgan fingerprint density at radius 2 is 2.15 bits per heavy atom. The molecule has 0 amide bonds. The minimum Gasteiger partial charge on any atom is -0.454 e. The van der Waals surface area contributed by atoms with Gasteiger partial charge in [0.2, 0.25) is 6.79 Å². The first-order valence-corrected chi connectivity index (χ1v) is 7.17. The van der Waals surface area contributed by atoms with Crippen molar-refractivity contribution >= 4 is 15.9 Å². The summed E-state index contributed by atoms with van der Waals surface area (Å²) in [6, 6.07) is 5.50. The zero-order valence-corrected chi connectivity index (χ0v) is 12.5. The number of hydrogen-bond donors (Lipinski definition) is 1. The van der Waals surface area contributed by atoms with Crippen LogP contribution in [0.15, 0.2) is 27.5 Å². The Balaban J connectivity index is 2.08. The lowest BCUT2D eigenvalue weighted by atomic mass is 10.1. The van der Waals surface area contributed by atoms with E-state index in [9.17, 15) is 4.79 Å². The molecule has 1 aliphatic rings. The van der Waals surface area contributed by atoms with Gasteiger partial charge in [0.15, 0.2) is 11.5 Å². The van der Waals surface area contributed by atoms with Gasteiger partial charge in [0, 0.05) is 5.56 Å². The Morgan fingerprint density at radius 1 is 1.35 bits per heavy atom. The van der Waals surface area contributed by atoms with Gasteiger partial charge < -0.3 is 14.5 Å². The van der Waals surface area contributed by atoms with Gasteiger partial charge >= 0.3 is 0 Å². The van der Waals surface area contributed by atoms with Crippen molar-refractivity contribution in [3.05, 3.63) is 38.7 Å². The highest BCUT2D eigenvalue weighted by Gasteiger charge is 2.16. The molecule has 0 radical (unpaired) electrons. The van der Waals surface area contributed by atoms with Crippen molar-refractivity contribution in [3.8, 4) is 22.9 Å². The summed E-state index contributed by atoms with van der Waals surface area (Å²) in [6.07, 6.45) is 1.68. The summed E-state index contributed by atoms with van der Waals surface area (Å²) >= 11 is 3.29. The van der Waals surface area contributed by atoms with Crippen molar-refractivity contribution in [1.82, 2.24) is 9.97 Å². The van der Waals surface area contributed by atoms with Crippen LogP contribution in [0.25, 0.3) is 11.4 Å². The van der Waals surface area contributed by atoms with E-state index in [4.69, 9.17) is 9.47 Å². The quantitative estimate of drug-likeness (QED) is 0.935. The zero-order chi connectivity index (χ0) is 14.1. The third kappa shape index (κ3) is 2.31. The number of fused-ring (bicyclic) bond motifs is 1. The number of H-pyrrole nitrogens is 1. The molecule has 20 heavy (non-hydrogen) atoms. The topological polar surface area (TPSA) is 64.2 Å². The summed E-state index contributed by atoms with van der Waals surface area (Å²) in [5.41, 5.74) is 1.40. The first-order valence-electron chi connectivity index (χ1n) is 6.37. The molecule has 6 heteroatoms. The van der Waals surface area contributed by atoms with Gasteiger partial charge in [0.1, 0.15) is 10.3 Å². The van der Waals surface area contributed by atoms with Gasteiger partial charge in [-0.15, -0.1) is 0 Å². The molecular formula is C14H13BrN2O3. The van der Waals surface area contributed by atoms with Crippen LogP contribution in [0.3, 0.4) is 0 Å². The van der Waals surface area contributed by atoms with Crippen LogP contribution in [-0.2, 0) is 6.42 Å². The fourth-order valence-corrected chi connectivity index (χ4v) is 2.47. The molecule has 5 nitrogen and oxygen atoms in total. The zero-order valence-electron chi connectivity index (χ0n) is 10.9. The van der Waals surface area contributed by atoms with Crippen molar-refractivity contribution in [3.63, 3.8) is 0 Å². The highest BCUT2D eigenvalue weighted by molar-refractivity contribution is 9.10. The maximum absolute atomic E-state index is 11.9. The van der Waals surface area contributed by atoms with Crippen LogP contribution in [-0.4, -0.2) is 16.8 Å². The Kier molecular flexibility index (Phi) is 3.48. The number of ether oxygens (including phenoxy) is 2. The van der Waals surface area contributed by atoms with Crippen LogP contribution in [0.2, 0.25) is 0 Å². The van der Waals surface area contributed by atoms with Gasteiger partial charge in [-0.1, -0.05) is 13.3 Å². The monoisotopic (exact) mass is 336 g/mol. The molecule has 1 aromatic carbocycles. The third-order valence-electron chi connectivity index (χ3n) is 3.06. The van der Waals surface area contributed by atoms with Crippen molar-refractivity contribution < 1.29 is 9.47 Å². The minimum absolute atomic E-state index is 0.170. The summed E-state index contributed by atoms with van der Waals surface area (Å²) in [7, 11) is 0. The number of hydrogen-bond acceptors (Lipinski definition) is 4. The van der Waals surface area contributed by atoms with Crippen LogP contribution < -0.4 is 15.0 Å². The van der Waals surface area contributed by atoms with Gasteiger partial charge in [-0.2, -0.15) is 0 Å². The maximum atomic E-state index is 11.9. The standard InChI is InChI=1S/C14H13BrN2O3/c1-2-3-9-12(15)14(18)17-13(16-9)8-4-5-10-11(6-8)20-7-19-10/h4-6H,2-3,7H2,1H3,(H,16,17,18). The van der Waals surface area contributed by atoms with Crippen molar-refractivity contribution in [1.29, 1.82) is 0 Å².